The summed E-state index contributed by atoms with van der Waals surface area (Å²) < 4.78 is 21.8. The molecule has 1 aliphatic carbocycles. The van der Waals surface area contributed by atoms with Crippen LogP contribution in [0.25, 0.3) is 0 Å². The van der Waals surface area contributed by atoms with Gasteiger partial charge in [-0.15, -0.1) is 6.58 Å². The van der Waals surface area contributed by atoms with E-state index in [0.29, 0.717) is 12.2 Å². The smallest absolute Gasteiger partial charge is 0.323 e. The van der Waals surface area contributed by atoms with E-state index in [-0.39, 0.29) is 5.41 Å². The van der Waals surface area contributed by atoms with Crippen LogP contribution in [0.3, 0.4) is 0 Å². The van der Waals surface area contributed by atoms with Gasteiger partial charge in [-0.3, -0.25) is 4.57 Å². The maximum atomic E-state index is 13.5. The van der Waals surface area contributed by atoms with Crippen molar-refractivity contribution in [3.63, 3.8) is 0 Å². The molecule has 132 valence electrons. The molecule has 0 aromatic heterocycles. The highest BCUT2D eigenvalue weighted by Gasteiger charge is 2.41. The SMILES string of the molecule is C=CCP1(=O)Oc2ccc(C(C)(C)C)cc2CN1C1CCCCC1. The molecule has 1 aromatic rings. The molecule has 1 unspecified atom stereocenters. The molecule has 1 saturated carbocycles. The Morgan fingerprint density at radius 2 is 2.00 bits per heavy atom. The molecule has 1 aromatic carbocycles. The van der Waals surface area contributed by atoms with Gasteiger partial charge in [0.1, 0.15) is 5.75 Å². The van der Waals surface area contributed by atoms with E-state index < -0.39 is 7.52 Å². The lowest BCUT2D eigenvalue weighted by atomic mass is 9.86. The van der Waals surface area contributed by atoms with E-state index in [9.17, 15) is 4.57 Å². The minimum atomic E-state index is -2.86. The molecule has 1 fully saturated rings. The zero-order chi connectivity index (χ0) is 17.4. The third-order valence-electron chi connectivity index (χ3n) is 5.25. The predicted octanol–water partition coefficient (Wildman–Crippen LogP) is 5.89. The fraction of sp³-hybridized carbons (Fsp3) is 0.600. The second-order valence-electron chi connectivity index (χ2n) is 8.16. The van der Waals surface area contributed by atoms with Gasteiger partial charge in [0.15, 0.2) is 0 Å². The summed E-state index contributed by atoms with van der Waals surface area (Å²) in [7, 11) is -2.86. The van der Waals surface area contributed by atoms with E-state index in [0.717, 1.165) is 25.1 Å². The summed E-state index contributed by atoms with van der Waals surface area (Å²) >= 11 is 0. The molecule has 0 N–H and O–H groups in total. The Balaban J connectivity index is 1.96. The van der Waals surface area contributed by atoms with E-state index in [2.05, 4.69) is 44.2 Å². The lowest BCUT2D eigenvalue weighted by Crippen LogP contribution is -2.38. The Labute approximate surface area is 146 Å². The Morgan fingerprint density at radius 1 is 1.29 bits per heavy atom. The predicted molar refractivity (Wildman–Crippen MR) is 101 cm³/mol. The highest BCUT2D eigenvalue weighted by atomic mass is 31.2. The molecule has 0 bridgehead atoms. The van der Waals surface area contributed by atoms with Crippen LogP contribution in [0.15, 0.2) is 30.9 Å². The number of benzene rings is 1. The molecule has 3 nitrogen and oxygen atoms in total. The summed E-state index contributed by atoms with van der Waals surface area (Å²) in [6, 6.07) is 6.72. The van der Waals surface area contributed by atoms with Crippen molar-refractivity contribution in [1.82, 2.24) is 4.67 Å². The summed E-state index contributed by atoms with van der Waals surface area (Å²) in [6.45, 7) is 11.2. The van der Waals surface area contributed by atoms with Crippen LogP contribution in [0.2, 0.25) is 0 Å². The number of fused-ring (bicyclic) bond motifs is 1. The fourth-order valence-electron chi connectivity index (χ4n) is 3.81. The zero-order valence-corrected chi connectivity index (χ0v) is 16.1. The van der Waals surface area contributed by atoms with Gasteiger partial charge in [0.25, 0.3) is 0 Å². The van der Waals surface area contributed by atoms with Gasteiger partial charge >= 0.3 is 7.52 Å². The highest BCUT2D eigenvalue weighted by Crippen LogP contribution is 2.58. The van der Waals surface area contributed by atoms with Crippen LogP contribution in [-0.4, -0.2) is 16.9 Å². The Hall–Kier alpha value is -1.05. The topological polar surface area (TPSA) is 29.5 Å². The molecule has 0 spiro atoms. The maximum Gasteiger partial charge on any atom is 0.323 e. The van der Waals surface area contributed by atoms with Crippen LogP contribution in [0.4, 0.5) is 0 Å². The number of hydrogen-bond donors (Lipinski definition) is 0. The first-order valence-electron chi connectivity index (χ1n) is 9.13. The Bertz CT molecular complexity index is 656. The number of nitrogens with zero attached hydrogens (tertiary/aromatic N) is 1. The van der Waals surface area contributed by atoms with Gasteiger partial charge < -0.3 is 4.52 Å². The maximum absolute atomic E-state index is 13.5. The van der Waals surface area contributed by atoms with E-state index in [1.165, 1.54) is 30.4 Å². The van der Waals surface area contributed by atoms with Gasteiger partial charge in [-0.1, -0.05) is 58.2 Å². The lowest BCUT2D eigenvalue weighted by Gasteiger charge is -2.42. The first-order chi connectivity index (χ1) is 11.3. The monoisotopic (exact) mass is 347 g/mol. The highest BCUT2D eigenvalue weighted by molar-refractivity contribution is 7.57. The summed E-state index contributed by atoms with van der Waals surface area (Å²) in [5.74, 6) is 0.792. The van der Waals surface area contributed by atoms with Crippen LogP contribution in [-0.2, 0) is 16.5 Å². The van der Waals surface area contributed by atoms with Crippen molar-refractivity contribution in [3.05, 3.63) is 42.0 Å². The van der Waals surface area contributed by atoms with Gasteiger partial charge in [-0.2, -0.15) is 0 Å². The summed E-state index contributed by atoms with van der Waals surface area (Å²) in [4.78, 5) is 0. The van der Waals surface area contributed by atoms with Crippen molar-refractivity contribution in [2.75, 3.05) is 6.16 Å². The molecule has 4 heteroatoms. The van der Waals surface area contributed by atoms with Crippen molar-refractivity contribution in [3.8, 4) is 5.75 Å². The first kappa shape index (κ1) is 17.8. The molecule has 0 amide bonds. The summed E-state index contributed by atoms with van der Waals surface area (Å²) in [5.41, 5.74) is 2.57. The van der Waals surface area contributed by atoms with Crippen molar-refractivity contribution in [2.45, 2.75) is 70.9 Å². The van der Waals surface area contributed by atoms with Gasteiger partial charge in [0.2, 0.25) is 0 Å². The van der Waals surface area contributed by atoms with Crippen LogP contribution in [0.1, 0.15) is 64.0 Å². The lowest BCUT2D eigenvalue weighted by molar-refractivity contribution is 0.213. The van der Waals surface area contributed by atoms with E-state index >= 15 is 0 Å². The average Bonchev–Trinajstić information content (AvgIpc) is 2.53. The van der Waals surface area contributed by atoms with Gasteiger partial charge in [0.05, 0.1) is 6.16 Å². The molecule has 3 rings (SSSR count). The summed E-state index contributed by atoms with van der Waals surface area (Å²) in [6.07, 6.45) is 8.16. The van der Waals surface area contributed by atoms with Crippen LogP contribution >= 0.6 is 7.52 Å². The number of allylic oxidation sites excluding steroid dienone is 1. The molecular weight excluding hydrogens is 317 g/mol. The average molecular weight is 347 g/mol. The van der Waals surface area contributed by atoms with Crippen molar-refractivity contribution >= 4 is 7.52 Å². The molecule has 0 radical (unpaired) electrons. The third-order valence-corrected chi connectivity index (χ3v) is 7.70. The van der Waals surface area contributed by atoms with Gasteiger partial charge in [-0.25, -0.2) is 4.67 Å². The van der Waals surface area contributed by atoms with Gasteiger partial charge in [0, 0.05) is 18.2 Å². The second kappa shape index (κ2) is 6.69. The van der Waals surface area contributed by atoms with Gasteiger partial charge in [-0.05, 0) is 29.9 Å². The minimum Gasteiger partial charge on any atom is -0.432 e. The van der Waals surface area contributed by atoms with Crippen LogP contribution in [0.5, 0.6) is 5.75 Å². The molecule has 0 saturated heterocycles. The molecule has 24 heavy (non-hydrogen) atoms. The quantitative estimate of drug-likeness (QED) is 0.504. The zero-order valence-electron chi connectivity index (χ0n) is 15.3. The largest absolute Gasteiger partial charge is 0.432 e. The van der Waals surface area contributed by atoms with E-state index in [1.807, 2.05) is 6.07 Å². The third kappa shape index (κ3) is 3.48. The Kier molecular flexibility index (Phi) is 4.95. The van der Waals surface area contributed by atoms with Crippen LogP contribution in [0, 0.1) is 0 Å². The standard InChI is InChI=1S/C20H30NO2P/c1-5-13-24(22)21(18-9-7-6-8-10-18)15-16-14-17(20(2,3)4)11-12-19(16)23-24/h5,11-12,14,18H,1,6-10,13,15H2,2-4H3. The fourth-order valence-corrected chi connectivity index (χ4v) is 6.11. The molecule has 1 aliphatic heterocycles. The number of hydrogen-bond acceptors (Lipinski definition) is 2. The minimum absolute atomic E-state index is 0.104. The Morgan fingerprint density at radius 3 is 2.62 bits per heavy atom. The number of rotatable bonds is 3. The van der Waals surface area contributed by atoms with Crippen molar-refractivity contribution < 1.29 is 9.09 Å². The van der Waals surface area contributed by atoms with E-state index in [1.54, 1.807) is 6.08 Å². The van der Waals surface area contributed by atoms with Crippen molar-refractivity contribution in [1.29, 1.82) is 0 Å². The van der Waals surface area contributed by atoms with E-state index in [4.69, 9.17) is 4.52 Å². The first-order valence-corrected chi connectivity index (χ1v) is 10.9. The van der Waals surface area contributed by atoms with Crippen molar-refractivity contribution in [2.24, 2.45) is 0 Å². The van der Waals surface area contributed by atoms with Crippen LogP contribution < -0.4 is 4.52 Å². The molecular formula is C20H30NO2P. The molecule has 1 atom stereocenters. The summed E-state index contributed by atoms with van der Waals surface area (Å²) in [5, 5.41) is 0. The molecule has 2 aliphatic rings. The second-order valence-corrected chi connectivity index (χ2v) is 10.5. The molecule has 1 heterocycles. The normalized spacial score (nSPS) is 25.8.